The number of hydrogen-bond donors (Lipinski definition) is 2. The zero-order valence-corrected chi connectivity index (χ0v) is 20.2. The molecule has 35 heavy (non-hydrogen) atoms. The quantitative estimate of drug-likeness (QED) is 0.380. The predicted octanol–water partition coefficient (Wildman–Crippen LogP) is 4.54. The molecule has 2 N–H and O–H groups in total. The maximum Gasteiger partial charge on any atom is 0.251 e. The number of nitrogens with one attached hydrogen (secondary N) is 2. The van der Waals surface area contributed by atoms with Gasteiger partial charge in [0.2, 0.25) is 0 Å². The normalized spacial score (nSPS) is 14.2. The second-order valence-electron chi connectivity index (χ2n) is 8.59. The van der Waals surface area contributed by atoms with Gasteiger partial charge in [0, 0.05) is 42.8 Å². The van der Waals surface area contributed by atoms with Crippen LogP contribution in [0.15, 0.2) is 72.9 Å². The second kappa shape index (κ2) is 10.9. The molecule has 1 aliphatic rings. The van der Waals surface area contributed by atoms with E-state index in [9.17, 15) is 4.79 Å². The van der Waals surface area contributed by atoms with E-state index < -0.39 is 0 Å². The highest BCUT2D eigenvalue weighted by Crippen LogP contribution is 2.27. The van der Waals surface area contributed by atoms with Crippen LogP contribution in [0.4, 0.5) is 11.4 Å². The third-order valence-electron chi connectivity index (χ3n) is 6.16. The summed E-state index contributed by atoms with van der Waals surface area (Å²) in [7, 11) is 0. The maximum atomic E-state index is 12.5. The van der Waals surface area contributed by atoms with Gasteiger partial charge in [0.1, 0.15) is 0 Å². The molecule has 1 amide bonds. The summed E-state index contributed by atoms with van der Waals surface area (Å²) in [6.07, 6.45) is 1.86. The van der Waals surface area contributed by atoms with E-state index in [1.165, 1.54) is 0 Å². The van der Waals surface area contributed by atoms with E-state index in [0.717, 1.165) is 60.7 Å². The lowest BCUT2D eigenvalue weighted by Crippen LogP contribution is -2.41. The standard InChI is InChI=1S/C27H28ClN5O2/c28-24-3-1-2-4-25(24)31-23-9-10-26-22(17-23)18-30-33(26)19-20-5-7-21(8-6-20)27(34)29-11-12-32-13-15-35-16-14-32/h1-10,17-18,31H,11-16,19H2,(H,29,34). The third-order valence-corrected chi connectivity index (χ3v) is 6.49. The largest absolute Gasteiger partial charge is 0.379 e. The van der Waals surface area contributed by atoms with Crippen LogP contribution < -0.4 is 10.6 Å². The third kappa shape index (κ3) is 5.82. The molecular formula is C27H28ClN5O2. The highest BCUT2D eigenvalue weighted by atomic mass is 35.5. The monoisotopic (exact) mass is 489 g/mol. The van der Waals surface area contributed by atoms with Gasteiger partial charge in [-0.1, -0.05) is 35.9 Å². The number of amides is 1. The van der Waals surface area contributed by atoms with Gasteiger partial charge in [0.25, 0.3) is 5.91 Å². The minimum atomic E-state index is -0.0482. The summed E-state index contributed by atoms with van der Waals surface area (Å²) in [4.78, 5) is 14.8. The zero-order valence-electron chi connectivity index (χ0n) is 19.4. The highest BCUT2D eigenvalue weighted by molar-refractivity contribution is 6.33. The van der Waals surface area contributed by atoms with Crippen LogP contribution in [0.25, 0.3) is 10.9 Å². The highest BCUT2D eigenvalue weighted by Gasteiger charge is 2.11. The summed E-state index contributed by atoms with van der Waals surface area (Å²) in [6.45, 7) is 5.48. The minimum Gasteiger partial charge on any atom is -0.379 e. The second-order valence-corrected chi connectivity index (χ2v) is 8.99. The van der Waals surface area contributed by atoms with Crippen molar-refractivity contribution in [2.24, 2.45) is 0 Å². The fraction of sp³-hybridized carbons (Fsp3) is 0.259. The number of fused-ring (bicyclic) bond motifs is 1. The molecule has 0 atom stereocenters. The minimum absolute atomic E-state index is 0.0482. The molecule has 7 nitrogen and oxygen atoms in total. The summed E-state index contributed by atoms with van der Waals surface area (Å²) in [5, 5.41) is 12.7. The average Bonchev–Trinajstić information content (AvgIpc) is 3.28. The molecule has 0 spiro atoms. The summed E-state index contributed by atoms with van der Waals surface area (Å²) >= 11 is 6.26. The maximum absolute atomic E-state index is 12.5. The number of halogens is 1. The number of para-hydroxylation sites is 1. The molecule has 1 aliphatic heterocycles. The Morgan fingerprint density at radius 1 is 1.03 bits per heavy atom. The molecule has 3 aromatic carbocycles. The van der Waals surface area contributed by atoms with Gasteiger partial charge in [0.15, 0.2) is 0 Å². The number of anilines is 2. The van der Waals surface area contributed by atoms with Crippen LogP contribution in [0.1, 0.15) is 15.9 Å². The van der Waals surface area contributed by atoms with Crippen LogP contribution in [-0.4, -0.2) is 60.0 Å². The Bertz CT molecular complexity index is 1300. The van der Waals surface area contributed by atoms with Gasteiger partial charge in [-0.2, -0.15) is 5.10 Å². The van der Waals surface area contributed by atoms with Crippen molar-refractivity contribution in [3.8, 4) is 0 Å². The van der Waals surface area contributed by atoms with Crippen LogP contribution in [0.5, 0.6) is 0 Å². The van der Waals surface area contributed by atoms with E-state index in [1.54, 1.807) is 0 Å². The van der Waals surface area contributed by atoms with Gasteiger partial charge >= 0.3 is 0 Å². The van der Waals surface area contributed by atoms with Crippen LogP contribution >= 0.6 is 11.6 Å². The number of aromatic nitrogens is 2. The Morgan fingerprint density at radius 3 is 2.63 bits per heavy atom. The lowest BCUT2D eigenvalue weighted by atomic mass is 10.1. The first-order valence-corrected chi connectivity index (χ1v) is 12.2. The Balaban J connectivity index is 1.19. The molecule has 0 radical (unpaired) electrons. The number of rotatable bonds is 8. The van der Waals surface area contributed by atoms with Crippen molar-refractivity contribution in [3.05, 3.63) is 89.1 Å². The van der Waals surface area contributed by atoms with Gasteiger partial charge in [-0.3, -0.25) is 14.4 Å². The molecule has 180 valence electrons. The smallest absolute Gasteiger partial charge is 0.251 e. The van der Waals surface area contributed by atoms with Crippen LogP contribution in [0.3, 0.4) is 0 Å². The van der Waals surface area contributed by atoms with Crippen molar-refractivity contribution in [2.75, 3.05) is 44.7 Å². The number of morpholine rings is 1. The molecule has 0 unspecified atom stereocenters. The van der Waals surface area contributed by atoms with E-state index >= 15 is 0 Å². The molecule has 2 heterocycles. The average molecular weight is 490 g/mol. The first-order valence-electron chi connectivity index (χ1n) is 11.8. The van der Waals surface area contributed by atoms with E-state index in [2.05, 4.69) is 32.8 Å². The van der Waals surface area contributed by atoms with Crippen molar-refractivity contribution < 1.29 is 9.53 Å². The fourth-order valence-electron chi connectivity index (χ4n) is 4.20. The van der Waals surface area contributed by atoms with E-state index in [-0.39, 0.29) is 5.91 Å². The van der Waals surface area contributed by atoms with Crippen LogP contribution in [0.2, 0.25) is 5.02 Å². The molecule has 0 aliphatic carbocycles. The summed E-state index contributed by atoms with van der Waals surface area (Å²) in [5.74, 6) is -0.0482. The van der Waals surface area contributed by atoms with Crippen molar-refractivity contribution in [2.45, 2.75) is 6.54 Å². The molecule has 0 bridgehead atoms. The van der Waals surface area contributed by atoms with Crippen molar-refractivity contribution in [1.82, 2.24) is 20.0 Å². The lowest BCUT2D eigenvalue weighted by molar-refractivity contribution is 0.0383. The van der Waals surface area contributed by atoms with Crippen molar-refractivity contribution in [1.29, 1.82) is 0 Å². The Labute approximate surface area is 209 Å². The molecule has 1 fully saturated rings. The predicted molar refractivity (Wildman–Crippen MR) is 140 cm³/mol. The molecule has 0 saturated carbocycles. The first kappa shape index (κ1) is 23.4. The molecule has 5 rings (SSSR count). The summed E-state index contributed by atoms with van der Waals surface area (Å²) < 4.78 is 7.32. The summed E-state index contributed by atoms with van der Waals surface area (Å²) in [5.41, 5.74) is 4.61. The SMILES string of the molecule is O=C(NCCN1CCOCC1)c1ccc(Cn2ncc3cc(Nc4ccccc4Cl)ccc32)cc1. The first-order chi connectivity index (χ1) is 17.2. The molecule has 4 aromatic rings. The number of ether oxygens (including phenoxy) is 1. The topological polar surface area (TPSA) is 71.4 Å². The molecule has 1 saturated heterocycles. The fourth-order valence-corrected chi connectivity index (χ4v) is 4.38. The van der Waals surface area contributed by atoms with E-state index in [4.69, 9.17) is 16.3 Å². The van der Waals surface area contributed by atoms with Crippen LogP contribution in [0, 0.1) is 0 Å². The van der Waals surface area contributed by atoms with Gasteiger partial charge in [-0.05, 0) is 48.0 Å². The Hall–Kier alpha value is -3.39. The lowest BCUT2D eigenvalue weighted by Gasteiger charge is -2.26. The molecule has 1 aromatic heterocycles. The number of carbonyl (C=O) groups is 1. The van der Waals surface area contributed by atoms with E-state index in [0.29, 0.717) is 23.7 Å². The Kier molecular flexibility index (Phi) is 7.28. The van der Waals surface area contributed by atoms with Gasteiger partial charge in [0.05, 0.1) is 42.2 Å². The van der Waals surface area contributed by atoms with Crippen molar-refractivity contribution in [3.63, 3.8) is 0 Å². The number of benzene rings is 3. The zero-order chi connectivity index (χ0) is 24.0. The van der Waals surface area contributed by atoms with Gasteiger partial charge in [-0.25, -0.2) is 0 Å². The summed E-state index contributed by atoms with van der Waals surface area (Å²) in [6, 6.07) is 21.5. The van der Waals surface area contributed by atoms with E-state index in [1.807, 2.05) is 65.5 Å². The number of nitrogens with zero attached hydrogens (tertiary/aromatic N) is 3. The van der Waals surface area contributed by atoms with Gasteiger partial charge in [-0.15, -0.1) is 0 Å². The van der Waals surface area contributed by atoms with Crippen molar-refractivity contribution >= 4 is 39.8 Å². The van der Waals surface area contributed by atoms with Crippen LogP contribution in [-0.2, 0) is 11.3 Å². The molecular weight excluding hydrogens is 462 g/mol. The number of carbonyl (C=O) groups excluding carboxylic acids is 1. The number of hydrogen-bond acceptors (Lipinski definition) is 5. The van der Waals surface area contributed by atoms with Gasteiger partial charge < -0.3 is 15.4 Å². The Morgan fingerprint density at radius 2 is 1.83 bits per heavy atom. The molecule has 8 heteroatoms.